The molecule has 2 aromatic rings. The predicted octanol–water partition coefficient (Wildman–Crippen LogP) is 1.64. The van der Waals surface area contributed by atoms with Crippen molar-refractivity contribution in [3.8, 4) is 0 Å². The van der Waals surface area contributed by atoms with E-state index >= 15 is 0 Å². The fourth-order valence-electron chi connectivity index (χ4n) is 2.90. The Morgan fingerprint density at radius 3 is 3.00 bits per heavy atom. The summed E-state index contributed by atoms with van der Waals surface area (Å²) in [5.74, 6) is 1.18. The number of carbonyl (C=O) groups excluding carboxylic acids is 1. The SMILES string of the molecule is O=C(c1cocn1)N1CCOCC1c1nccc(NC2CCC2)n1. The molecule has 2 aromatic heterocycles. The molecule has 8 nitrogen and oxygen atoms in total. The first kappa shape index (κ1) is 15.1. The molecule has 126 valence electrons. The summed E-state index contributed by atoms with van der Waals surface area (Å²) in [6, 6.07) is 2.02. The fourth-order valence-corrected chi connectivity index (χ4v) is 2.90. The highest BCUT2D eigenvalue weighted by atomic mass is 16.5. The number of nitrogens with zero attached hydrogens (tertiary/aromatic N) is 4. The molecule has 1 atom stereocenters. The number of nitrogens with one attached hydrogen (secondary N) is 1. The van der Waals surface area contributed by atoms with Crippen molar-refractivity contribution in [1.82, 2.24) is 19.9 Å². The molecule has 1 N–H and O–H groups in total. The van der Waals surface area contributed by atoms with Gasteiger partial charge in [0.2, 0.25) is 0 Å². The third-order valence-corrected chi connectivity index (χ3v) is 4.47. The lowest BCUT2D eigenvalue weighted by Crippen LogP contribution is -2.44. The Morgan fingerprint density at radius 1 is 1.33 bits per heavy atom. The molecule has 1 unspecified atom stereocenters. The lowest BCUT2D eigenvalue weighted by Gasteiger charge is -2.34. The monoisotopic (exact) mass is 329 g/mol. The molecule has 0 radical (unpaired) electrons. The van der Waals surface area contributed by atoms with Gasteiger partial charge in [-0.25, -0.2) is 15.0 Å². The van der Waals surface area contributed by atoms with Crippen LogP contribution in [0.15, 0.2) is 29.3 Å². The number of hydrogen-bond donors (Lipinski definition) is 1. The van der Waals surface area contributed by atoms with Gasteiger partial charge in [-0.1, -0.05) is 0 Å². The fraction of sp³-hybridized carbons (Fsp3) is 0.500. The van der Waals surface area contributed by atoms with E-state index < -0.39 is 0 Å². The number of carbonyl (C=O) groups is 1. The number of amides is 1. The lowest BCUT2D eigenvalue weighted by atomic mass is 9.93. The topological polar surface area (TPSA) is 93.4 Å². The summed E-state index contributed by atoms with van der Waals surface area (Å²) < 4.78 is 10.5. The van der Waals surface area contributed by atoms with Crippen molar-refractivity contribution in [1.29, 1.82) is 0 Å². The van der Waals surface area contributed by atoms with Crippen LogP contribution in [0.25, 0.3) is 0 Å². The van der Waals surface area contributed by atoms with E-state index in [9.17, 15) is 4.79 Å². The molecule has 3 heterocycles. The number of morpholine rings is 1. The maximum atomic E-state index is 12.6. The zero-order chi connectivity index (χ0) is 16.4. The lowest BCUT2D eigenvalue weighted by molar-refractivity contribution is -0.00550. The summed E-state index contributed by atoms with van der Waals surface area (Å²) in [6.07, 6.45) is 7.92. The van der Waals surface area contributed by atoms with Crippen LogP contribution in [0.5, 0.6) is 0 Å². The minimum atomic E-state index is -0.328. The van der Waals surface area contributed by atoms with Gasteiger partial charge in [0.05, 0.1) is 13.2 Å². The number of rotatable bonds is 4. The number of anilines is 1. The minimum Gasteiger partial charge on any atom is -0.451 e. The largest absolute Gasteiger partial charge is 0.451 e. The third-order valence-electron chi connectivity index (χ3n) is 4.47. The normalized spacial score (nSPS) is 21.3. The highest BCUT2D eigenvalue weighted by Crippen LogP contribution is 2.26. The van der Waals surface area contributed by atoms with Crippen LogP contribution in [-0.2, 0) is 4.74 Å². The maximum absolute atomic E-state index is 12.6. The second-order valence-electron chi connectivity index (χ2n) is 6.04. The van der Waals surface area contributed by atoms with Gasteiger partial charge < -0.3 is 19.4 Å². The Kier molecular flexibility index (Phi) is 4.12. The molecular formula is C16H19N5O3. The summed E-state index contributed by atoms with van der Waals surface area (Å²) in [5, 5.41) is 3.41. The van der Waals surface area contributed by atoms with Crippen LogP contribution in [0.1, 0.15) is 41.6 Å². The molecule has 1 saturated heterocycles. The molecular weight excluding hydrogens is 310 g/mol. The van der Waals surface area contributed by atoms with Crippen molar-refractivity contribution < 1.29 is 13.9 Å². The van der Waals surface area contributed by atoms with Crippen molar-refractivity contribution in [3.05, 3.63) is 36.4 Å². The molecule has 2 aliphatic rings. The maximum Gasteiger partial charge on any atom is 0.276 e. The molecule has 4 rings (SSSR count). The van der Waals surface area contributed by atoms with Crippen LogP contribution in [0, 0.1) is 0 Å². The van der Waals surface area contributed by atoms with Crippen molar-refractivity contribution in [3.63, 3.8) is 0 Å². The molecule has 0 spiro atoms. The summed E-state index contributed by atoms with van der Waals surface area (Å²) in [7, 11) is 0. The molecule has 1 aliphatic heterocycles. The van der Waals surface area contributed by atoms with Crippen molar-refractivity contribution >= 4 is 11.7 Å². The van der Waals surface area contributed by atoms with Gasteiger partial charge in [-0.2, -0.15) is 0 Å². The Balaban J connectivity index is 1.56. The molecule has 24 heavy (non-hydrogen) atoms. The zero-order valence-electron chi connectivity index (χ0n) is 13.2. The van der Waals surface area contributed by atoms with Crippen LogP contribution in [-0.4, -0.2) is 51.6 Å². The van der Waals surface area contributed by atoms with E-state index in [0.29, 0.717) is 31.6 Å². The smallest absolute Gasteiger partial charge is 0.276 e. The van der Waals surface area contributed by atoms with Gasteiger partial charge in [0, 0.05) is 18.8 Å². The van der Waals surface area contributed by atoms with E-state index in [1.165, 1.54) is 31.9 Å². The van der Waals surface area contributed by atoms with Crippen molar-refractivity contribution in [2.24, 2.45) is 0 Å². The van der Waals surface area contributed by atoms with Gasteiger partial charge in [0.1, 0.15) is 18.1 Å². The number of hydrogen-bond acceptors (Lipinski definition) is 7. The predicted molar refractivity (Wildman–Crippen MR) is 84.4 cm³/mol. The van der Waals surface area contributed by atoms with E-state index in [2.05, 4.69) is 20.3 Å². The average Bonchev–Trinajstić information content (AvgIpc) is 3.12. The molecule has 2 fully saturated rings. The summed E-state index contributed by atoms with van der Waals surface area (Å²) in [4.78, 5) is 27.2. The van der Waals surface area contributed by atoms with Crippen LogP contribution in [0.2, 0.25) is 0 Å². The average molecular weight is 329 g/mol. The first-order valence-corrected chi connectivity index (χ1v) is 8.17. The molecule has 1 aliphatic carbocycles. The Labute approximate surface area is 139 Å². The highest BCUT2D eigenvalue weighted by molar-refractivity contribution is 5.92. The van der Waals surface area contributed by atoms with Gasteiger partial charge in [-0.3, -0.25) is 4.79 Å². The second-order valence-corrected chi connectivity index (χ2v) is 6.04. The molecule has 0 aromatic carbocycles. The number of ether oxygens (including phenoxy) is 1. The highest BCUT2D eigenvalue weighted by Gasteiger charge is 2.32. The van der Waals surface area contributed by atoms with Crippen molar-refractivity contribution in [2.45, 2.75) is 31.3 Å². The Morgan fingerprint density at radius 2 is 2.25 bits per heavy atom. The summed E-state index contributed by atoms with van der Waals surface area (Å²) >= 11 is 0. The first-order chi connectivity index (χ1) is 11.8. The van der Waals surface area contributed by atoms with Crippen LogP contribution in [0.3, 0.4) is 0 Å². The van der Waals surface area contributed by atoms with Crippen LogP contribution in [0.4, 0.5) is 5.82 Å². The molecule has 0 bridgehead atoms. The van der Waals surface area contributed by atoms with E-state index in [1.54, 1.807) is 11.1 Å². The van der Waals surface area contributed by atoms with E-state index in [-0.39, 0.29) is 17.6 Å². The van der Waals surface area contributed by atoms with Crippen LogP contribution >= 0.6 is 0 Å². The van der Waals surface area contributed by atoms with Gasteiger partial charge >= 0.3 is 0 Å². The molecule has 8 heteroatoms. The summed E-state index contributed by atoms with van der Waals surface area (Å²) in [5.41, 5.74) is 0.283. The molecule has 1 saturated carbocycles. The quantitative estimate of drug-likeness (QED) is 0.911. The van der Waals surface area contributed by atoms with E-state index in [1.807, 2.05) is 6.07 Å². The second kappa shape index (κ2) is 6.56. The van der Waals surface area contributed by atoms with Gasteiger partial charge in [-0.15, -0.1) is 0 Å². The van der Waals surface area contributed by atoms with Crippen LogP contribution < -0.4 is 5.32 Å². The van der Waals surface area contributed by atoms with E-state index in [0.717, 1.165) is 5.82 Å². The number of oxazole rings is 1. The van der Waals surface area contributed by atoms with Gasteiger partial charge in [0.25, 0.3) is 5.91 Å². The summed E-state index contributed by atoms with van der Waals surface area (Å²) in [6.45, 7) is 1.33. The molecule has 1 amide bonds. The Bertz CT molecular complexity index is 701. The Hall–Kier alpha value is -2.48. The zero-order valence-corrected chi connectivity index (χ0v) is 13.2. The third kappa shape index (κ3) is 2.96. The minimum absolute atomic E-state index is 0.196. The van der Waals surface area contributed by atoms with E-state index in [4.69, 9.17) is 9.15 Å². The van der Waals surface area contributed by atoms with Gasteiger partial charge in [0.15, 0.2) is 17.9 Å². The number of aromatic nitrogens is 3. The first-order valence-electron chi connectivity index (χ1n) is 8.17. The van der Waals surface area contributed by atoms with Gasteiger partial charge in [-0.05, 0) is 25.3 Å². The standard InChI is InChI=1S/C16H19N5O3/c22-16(12-8-24-10-18-12)21-6-7-23-9-13(21)15-17-5-4-14(20-15)19-11-2-1-3-11/h4-5,8,10-11,13H,1-3,6-7,9H2,(H,17,19,20). The van der Waals surface area contributed by atoms with Crippen molar-refractivity contribution in [2.75, 3.05) is 25.1 Å².